The summed E-state index contributed by atoms with van der Waals surface area (Å²) in [6.07, 6.45) is 15.3. The van der Waals surface area contributed by atoms with Gasteiger partial charge in [0.25, 0.3) is 0 Å². The van der Waals surface area contributed by atoms with Crippen molar-refractivity contribution in [2.45, 2.75) is 106 Å². The van der Waals surface area contributed by atoms with Gasteiger partial charge in [-0.2, -0.15) is 0 Å². The van der Waals surface area contributed by atoms with Crippen LogP contribution in [0.25, 0.3) is 0 Å². The first-order chi connectivity index (χ1) is 13.7. The minimum Gasteiger partial charge on any atom is -0.299 e. The minimum atomic E-state index is 0.313. The van der Waals surface area contributed by atoms with Gasteiger partial charge in [0.2, 0.25) is 0 Å². The zero-order valence-electron chi connectivity index (χ0n) is 20.1. The highest BCUT2D eigenvalue weighted by atomic mass is 16.1. The number of fused-ring (bicyclic) bond motifs is 5. The third-order valence-electron chi connectivity index (χ3n) is 10.5. The molecule has 0 saturated heterocycles. The summed E-state index contributed by atoms with van der Waals surface area (Å²) >= 11 is 0. The summed E-state index contributed by atoms with van der Waals surface area (Å²) in [4.78, 5) is 12.2. The van der Waals surface area contributed by atoms with Gasteiger partial charge >= 0.3 is 0 Å². The number of allylic oxidation sites excluding steroid dienone is 2. The third-order valence-corrected chi connectivity index (χ3v) is 10.5. The van der Waals surface area contributed by atoms with E-state index in [1.165, 1.54) is 50.5 Å². The van der Waals surface area contributed by atoms with E-state index in [0.29, 0.717) is 22.5 Å². The zero-order valence-corrected chi connectivity index (χ0v) is 20.1. The summed E-state index contributed by atoms with van der Waals surface area (Å²) < 4.78 is 0. The number of hydrogen-bond acceptors (Lipinski definition) is 1. The van der Waals surface area contributed by atoms with E-state index in [1.54, 1.807) is 0 Å². The molecule has 4 aliphatic rings. The summed E-state index contributed by atoms with van der Waals surface area (Å²) in [6, 6.07) is 0. The van der Waals surface area contributed by atoms with Gasteiger partial charge in [0.15, 0.2) is 0 Å². The molecule has 6 unspecified atom stereocenters. The predicted molar refractivity (Wildman–Crippen MR) is 123 cm³/mol. The van der Waals surface area contributed by atoms with Crippen LogP contribution in [0.1, 0.15) is 106 Å². The highest BCUT2D eigenvalue weighted by molar-refractivity contribution is 5.82. The minimum absolute atomic E-state index is 0.313. The quantitative estimate of drug-likeness (QED) is 0.431. The summed E-state index contributed by atoms with van der Waals surface area (Å²) in [5.74, 6) is 6.37. The predicted octanol–water partition coefficient (Wildman–Crippen LogP) is 7.84. The number of rotatable bonds is 5. The second kappa shape index (κ2) is 7.83. The van der Waals surface area contributed by atoms with Crippen LogP contribution in [0.4, 0.5) is 0 Å². The Hall–Kier alpha value is -0.590. The van der Waals surface area contributed by atoms with Crippen molar-refractivity contribution < 1.29 is 4.79 Å². The molecule has 4 rings (SSSR count). The highest BCUT2D eigenvalue weighted by Crippen LogP contribution is 2.68. The average Bonchev–Trinajstić information content (AvgIpc) is 3.00. The number of carbonyl (C=O) groups excluding carboxylic acids is 1. The number of ketones is 1. The Morgan fingerprint density at radius 2 is 1.79 bits per heavy atom. The molecular formula is C28H46O. The van der Waals surface area contributed by atoms with Gasteiger partial charge in [-0.3, -0.25) is 4.79 Å². The van der Waals surface area contributed by atoms with Crippen LogP contribution < -0.4 is 0 Å². The van der Waals surface area contributed by atoms with Crippen LogP contribution in [-0.2, 0) is 4.79 Å². The third kappa shape index (κ3) is 3.57. The van der Waals surface area contributed by atoms with Crippen LogP contribution in [0.5, 0.6) is 0 Å². The van der Waals surface area contributed by atoms with E-state index >= 15 is 0 Å². The molecule has 0 radical (unpaired) electrons. The Morgan fingerprint density at radius 1 is 1.03 bits per heavy atom. The first-order valence-corrected chi connectivity index (χ1v) is 12.9. The van der Waals surface area contributed by atoms with Crippen molar-refractivity contribution in [2.24, 2.45) is 52.3 Å². The number of hydrogen-bond donors (Lipinski definition) is 0. The molecule has 1 nitrogen and oxygen atoms in total. The van der Waals surface area contributed by atoms with E-state index in [-0.39, 0.29) is 0 Å². The lowest BCUT2D eigenvalue weighted by Gasteiger charge is -2.59. The van der Waals surface area contributed by atoms with Gasteiger partial charge < -0.3 is 0 Å². The zero-order chi connectivity index (χ0) is 21.0. The molecular weight excluding hydrogens is 352 g/mol. The molecule has 0 aromatic heterocycles. The topological polar surface area (TPSA) is 17.1 Å². The highest BCUT2D eigenvalue weighted by Gasteiger charge is 2.60. The molecule has 1 heteroatoms. The molecule has 0 amide bonds. The molecule has 0 heterocycles. The standard InChI is InChI=1S/C28H46O/c1-18(2)8-7-9-19(3)23-10-11-24-26-20(4)16-21-17-22(29)12-14-27(21,5)25(26)13-15-28(23,24)6/h16,18-20,23-26H,7-15,17H2,1-6H3/t19?,20?,23?,24?,25?,26?,27-,28+/m0/s1. The van der Waals surface area contributed by atoms with Gasteiger partial charge in [-0.1, -0.05) is 72.5 Å². The smallest absolute Gasteiger partial charge is 0.136 e. The van der Waals surface area contributed by atoms with Gasteiger partial charge in [-0.05, 0) is 84.4 Å². The molecule has 3 saturated carbocycles. The summed E-state index contributed by atoms with van der Waals surface area (Å²) in [5, 5.41) is 0. The van der Waals surface area contributed by atoms with Crippen molar-refractivity contribution in [3.8, 4) is 0 Å². The lowest BCUT2D eigenvalue weighted by atomic mass is 9.45. The molecule has 0 N–H and O–H groups in total. The van der Waals surface area contributed by atoms with Gasteiger partial charge in [0.1, 0.15) is 5.78 Å². The summed E-state index contributed by atoms with van der Waals surface area (Å²) in [7, 11) is 0. The molecule has 3 fully saturated rings. The van der Waals surface area contributed by atoms with E-state index in [4.69, 9.17) is 0 Å². The van der Waals surface area contributed by atoms with Crippen LogP contribution in [-0.4, -0.2) is 5.78 Å². The van der Waals surface area contributed by atoms with Crippen molar-refractivity contribution in [2.75, 3.05) is 0 Å². The van der Waals surface area contributed by atoms with Crippen LogP contribution >= 0.6 is 0 Å². The van der Waals surface area contributed by atoms with Crippen LogP contribution in [0.2, 0.25) is 0 Å². The molecule has 4 aliphatic carbocycles. The van der Waals surface area contributed by atoms with Crippen molar-refractivity contribution in [1.29, 1.82) is 0 Å². The second-order valence-corrected chi connectivity index (χ2v) is 12.5. The van der Waals surface area contributed by atoms with Crippen molar-refractivity contribution in [1.82, 2.24) is 0 Å². The molecule has 0 aromatic rings. The molecule has 0 aliphatic heterocycles. The first-order valence-electron chi connectivity index (χ1n) is 12.9. The molecule has 0 spiro atoms. The van der Waals surface area contributed by atoms with Crippen LogP contribution in [0.15, 0.2) is 11.6 Å². The molecule has 8 atom stereocenters. The fraction of sp³-hybridized carbons (Fsp3) is 0.893. The summed E-state index contributed by atoms with van der Waals surface area (Å²) in [5.41, 5.74) is 2.38. The van der Waals surface area contributed by atoms with Crippen molar-refractivity contribution in [3.05, 3.63) is 11.6 Å². The Morgan fingerprint density at radius 3 is 2.52 bits per heavy atom. The SMILES string of the molecule is CC(C)CCCC(C)C1CCC2C3C(C)C=C4CC(=O)CC[C@]4(C)C3CC[C@]12C. The fourth-order valence-electron chi connectivity index (χ4n) is 8.86. The van der Waals surface area contributed by atoms with E-state index < -0.39 is 0 Å². The molecule has 0 aromatic carbocycles. The summed E-state index contributed by atoms with van der Waals surface area (Å²) in [6.45, 7) is 15.0. The lowest BCUT2D eigenvalue weighted by Crippen LogP contribution is -2.52. The van der Waals surface area contributed by atoms with E-state index in [9.17, 15) is 4.79 Å². The van der Waals surface area contributed by atoms with E-state index in [1.807, 2.05) is 0 Å². The Balaban J connectivity index is 1.54. The fourth-order valence-corrected chi connectivity index (χ4v) is 8.86. The maximum absolute atomic E-state index is 12.2. The number of Topliss-reactive ketones (excluding diaryl/α,β-unsaturated/α-hetero) is 1. The van der Waals surface area contributed by atoms with Crippen LogP contribution in [0.3, 0.4) is 0 Å². The number of carbonyl (C=O) groups is 1. The van der Waals surface area contributed by atoms with Crippen LogP contribution in [0, 0.1) is 52.3 Å². The second-order valence-electron chi connectivity index (χ2n) is 12.5. The van der Waals surface area contributed by atoms with Gasteiger partial charge in [0.05, 0.1) is 0 Å². The van der Waals surface area contributed by atoms with Gasteiger partial charge in [-0.15, -0.1) is 0 Å². The lowest BCUT2D eigenvalue weighted by molar-refractivity contribution is -0.123. The maximum atomic E-state index is 12.2. The van der Waals surface area contributed by atoms with E-state index in [0.717, 1.165) is 54.8 Å². The van der Waals surface area contributed by atoms with Gasteiger partial charge in [-0.25, -0.2) is 0 Å². The van der Waals surface area contributed by atoms with Crippen molar-refractivity contribution >= 4 is 5.78 Å². The molecule has 29 heavy (non-hydrogen) atoms. The Bertz CT molecular complexity index is 659. The van der Waals surface area contributed by atoms with Crippen molar-refractivity contribution in [3.63, 3.8) is 0 Å². The largest absolute Gasteiger partial charge is 0.299 e. The first kappa shape index (κ1) is 21.6. The Labute approximate surface area is 180 Å². The molecule has 164 valence electrons. The van der Waals surface area contributed by atoms with E-state index in [2.05, 4.69) is 47.6 Å². The average molecular weight is 399 g/mol. The molecule has 0 bridgehead atoms. The maximum Gasteiger partial charge on any atom is 0.136 e. The monoisotopic (exact) mass is 398 g/mol. The van der Waals surface area contributed by atoms with Gasteiger partial charge in [0, 0.05) is 12.8 Å². The Kier molecular flexibility index (Phi) is 5.84. The normalized spacial score (nSPS) is 45.4.